The number of nitrogens with zero attached hydrogens (tertiary/aromatic N) is 1. The number of aromatic nitrogens is 1. The molecular formula is C16H12Cl2N2O3. The number of amides is 1. The minimum atomic E-state index is -0.626. The Morgan fingerprint density at radius 3 is 2.43 bits per heavy atom. The zero-order chi connectivity index (χ0) is 16.7. The van der Waals surface area contributed by atoms with E-state index in [0.29, 0.717) is 15.9 Å². The first-order valence-electron chi connectivity index (χ1n) is 6.55. The normalized spacial score (nSPS) is 10.5. The summed E-state index contributed by atoms with van der Waals surface area (Å²) in [6.45, 7) is -0.409. The van der Waals surface area contributed by atoms with E-state index < -0.39 is 18.5 Å². The topological polar surface area (TPSA) is 68.3 Å². The quantitative estimate of drug-likeness (QED) is 0.660. The Morgan fingerprint density at radius 1 is 1.09 bits per heavy atom. The molecule has 2 aromatic rings. The molecule has 1 N–H and O–H groups in total. The number of carbonyl (C=O) groups is 2. The van der Waals surface area contributed by atoms with Gasteiger partial charge in [0.1, 0.15) is 5.82 Å². The minimum Gasteiger partial charge on any atom is -0.452 e. The fraction of sp³-hybridized carbons (Fsp3) is 0.0625. The predicted octanol–water partition coefficient (Wildman–Crippen LogP) is 3.58. The highest BCUT2D eigenvalue weighted by Gasteiger charge is 2.06. The Bertz CT molecular complexity index is 713. The standard InChI is InChI=1S/C16H12Cl2N2O3/c17-12-4-1-11(2-5-12)3-8-16(22)23-10-15(21)20-14-7-6-13(18)9-19-14/h1-9H,10H2,(H,19,20,21). The van der Waals surface area contributed by atoms with Crippen LogP contribution in [0.4, 0.5) is 5.82 Å². The summed E-state index contributed by atoms with van der Waals surface area (Å²) in [5.74, 6) is -0.792. The zero-order valence-corrected chi connectivity index (χ0v) is 13.3. The fourth-order valence-corrected chi connectivity index (χ4v) is 1.79. The summed E-state index contributed by atoms with van der Waals surface area (Å²) in [6, 6.07) is 10.1. The minimum absolute atomic E-state index is 0.326. The molecule has 0 aliphatic rings. The Morgan fingerprint density at radius 2 is 1.78 bits per heavy atom. The molecule has 5 nitrogen and oxygen atoms in total. The molecule has 1 amide bonds. The van der Waals surface area contributed by atoms with Crippen LogP contribution in [0.2, 0.25) is 10.0 Å². The summed E-state index contributed by atoms with van der Waals surface area (Å²) in [6.07, 6.45) is 4.20. The van der Waals surface area contributed by atoms with Gasteiger partial charge in [-0.1, -0.05) is 35.3 Å². The summed E-state index contributed by atoms with van der Waals surface area (Å²) in [5, 5.41) is 3.55. The van der Waals surface area contributed by atoms with Gasteiger partial charge in [-0.15, -0.1) is 0 Å². The van der Waals surface area contributed by atoms with E-state index in [-0.39, 0.29) is 0 Å². The van der Waals surface area contributed by atoms with Gasteiger partial charge in [0.05, 0.1) is 5.02 Å². The smallest absolute Gasteiger partial charge is 0.331 e. The van der Waals surface area contributed by atoms with Gasteiger partial charge in [0.15, 0.2) is 6.61 Å². The van der Waals surface area contributed by atoms with Gasteiger partial charge in [-0.25, -0.2) is 9.78 Å². The molecule has 0 aliphatic heterocycles. The van der Waals surface area contributed by atoms with Crippen molar-refractivity contribution in [2.45, 2.75) is 0 Å². The van der Waals surface area contributed by atoms with Crippen LogP contribution in [0.15, 0.2) is 48.7 Å². The third-order valence-corrected chi connectivity index (χ3v) is 3.10. The second-order valence-electron chi connectivity index (χ2n) is 4.40. The number of nitrogens with one attached hydrogen (secondary N) is 1. The molecule has 0 saturated heterocycles. The van der Waals surface area contributed by atoms with Crippen molar-refractivity contribution < 1.29 is 14.3 Å². The molecule has 1 aromatic carbocycles. The molecule has 7 heteroatoms. The SMILES string of the molecule is O=C(COC(=O)C=Cc1ccc(Cl)cc1)Nc1ccc(Cl)cn1. The van der Waals surface area contributed by atoms with Crippen molar-refractivity contribution in [2.75, 3.05) is 11.9 Å². The highest BCUT2D eigenvalue weighted by Crippen LogP contribution is 2.11. The Kier molecular flexibility index (Phi) is 6.14. The highest BCUT2D eigenvalue weighted by atomic mass is 35.5. The van der Waals surface area contributed by atoms with E-state index >= 15 is 0 Å². The molecule has 0 aliphatic carbocycles. The van der Waals surface area contributed by atoms with Crippen LogP contribution in [-0.4, -0.2) is 23.5 Å². The number of halogens is 2. The van der Waals surface area contributed by atoms with E-state index in [1.54, 1.807) is 42.5 Å². The van der Waals surface area contributed by atoms with Crippen molar-refractivity contribution >= 4 is 47.0 Å². The number of carbonyl (C=O) groups excluding carboxylic acids is 2. The van der Waals surface area contributed by atoms with E-state index in [2.05, 4.69) is 10.3 Å². The van der Waals surface area contributed by atoms with E-state index in [9.17, 15) is 9.59 Å². The Hall–Kier alpha value is -2.37. The van der Waals surface area contributed by atoms with Gasteiger partial charge in [0, 0.05) is 17.3 Å². The van der Waals surface area contributed by atoms with Gasteiger partial charge in [0.2, 0.25) is 0 Å². The predicted molar refractivity (Wildman–Crippen MR) is 89.3 cm³/mol. The Labute approximate surface area is 142 Å². The number of hydrogen-bond acceptors (Lipinski definition) is 4. The van der Waals surface area contributed by atoms with Crippen LogP contribution in [-0.2, 0) is 14.3 Å². The number of ether oxygens (including phenoxy) is 1. The molecule has 1 aromatic heterocycles. The van der Waals surface area contributed by atoms with Crippen molar-refractivity contribution in [3.63, 3.8) is 0 Å². The molecule has 0 radical (unpaired) electrons. The lowest BCUT2D eigenvalue weighted by atomic mass is 10.2. The highest BCUT2D eigenvalue weighted by molar-refractivity contribution is 6.30. The van der Waals surface area contributed by atoms with Crippen LogP contribution < -0.4 is 5.32 Å². The lowest BCUT2D eigenvalue weighted by molar-refractivity contribution is -0.142. The molecule has 23 heavy (non-hydrogen) atoms. The van der Waals surface area contributed by atoms with Gasteiger partial charge < -0.3 is 10.1 Å². The first-order chi connectivity index (χ1) is 11.0. The van der Waals surface area contributed by atoms with E-state index in [4.69, 9.17) is 27.9 Å². The van der Waals surface area contributed by atoms with Crippen LogP contribution in [0, 0.1) is 0 Å². The van der Waals surface area contributed by atoms with Crippen molar-refractivity contribution in [3.8, 4) is 0 Å². The van der Waals surface area contributed by atoms with Gasteiger partial charge in [-0.05, 0) is 35.9 Å². The number of pyridine rings is 1. The van der Waals surface area contributed by atoms with E-state index in [0.717, 1.165) is 5.56 Å². The number of esters is 1. The maximum atomic E-state index is 11.6. The summed E-state index contributed by atoms with van der Waals surface area (Å²) in [7, 11) is 0. The van der Waals surface area contributed by atoms with Crippen LogP contribution in [0.1, 0.15) is 5.56 Å². The summed E-state index contributed by atoms with van der Waals surface area (Å²) in [4.78, 5) is 27.0. The first-order valence-corrected chi connectivity index (χ1v) is 7.30. The van der Waals surface area contributed by atoms with Gasteiger partial charge in [-0.2, -0.15) is 0 Å². The molecule has 1 heterocycles. The van der Waals surface area contributed by atoms with Crippen molar-refractivity contribution in [2.24, 2.45) is 0 Å². The number of rotatable bonds is 5. The zero-order valence-electron chi connectivity index (χ0n) is 11.8. The average Bonchev–Trinajstić information content (AvgIpc) is 2.54. The molecule has 0 fully saturated rings. The average molecular weight is 351 g/mol. The summed E-state index contributed by atoms with van der Waals surface area (Å²) < 4.78 is 4.83. The van der Waals surface area contributed by atoms with Gasteiger partial charge in [0.25, 0.3) is 5.91 Å². The van der Waals surface area contributed by atoms with E-state index in [1.165, 1.54) is 12.3 Å². The molecular weight excluding hydrogens is 339 g/mol. The lowest BCUT2D eigenvalue weighted by Crippen LogP contribution is -2.20. The largest absolute Gasteiger partial charge is 0.452 e. The third-order valence-electron chi connectivity index (χ3n) is 2.62. The molecule has 0 unspecified atom stereocenters. The van der Waals surface area contributed by atoms with Crippen molar-refractivity contribution in [3.05, 3.63) is 64.3 Å². The monoisotopic (exact) mass is 350 g/mol. The first kappa shape index (κ1) is 17.0. The van der Waals surface area contributed by atoms with Crippen LogP contribution in [0.5, 0.6) is 0 Å². The lowest BCUT2D eigenvalue weighted by Gasteiger charge is -2.04. The van der Waals surface area contributed by atoms with Gasteiger partial charge >= 0.3 is 5.97 Å². The summed E-state index contributed by atoms with van der Waals surface area (Å²) in [5.41, 5.74) is 0.793. The Balaban J connectivity index is 1.78. The second kappa shape index (κ2) is 8.31. The number of hydrogen-bond donors (Lipinski definition) is 1. The molecule has 0 saturated carbocycles. The number of anilines is 1. The molecule has 118 valence electrons. The molecule has 2 rings (SSSR count). The van der Waals surface area contributed by atoms with Crippen LogP contribution >= 0.6 is 23.2 Å². The summed E-state index contributed by atoms with van der Waals surface area (Å²) >= 11 is 11.4. The second-order valence-corrected chi connectivity index (χ2v) is 5.28. The maximum absolute atomic E-state index is 11.6. The van der Waals surface area contributed by atoms with Crippen LogP contribution in [0.3, 0.4) is 0 Å². The van der Waals surface area contributed by atoms with Crippen LogP contribution in [0.25, 0.3) is 6.08 Å². The molecule has 0 bridgehead atoms. The third kappa shape index (κ3) is 6.10. The van der Waals surface area contributed by atoms with Crippen molar-refractivity contribution in [1.29, 1.82) is 0 Å². The van der Waals surface area contributed by atoms with E-state index in [1.807, 2.05) is 0 Å². The molecule has 0 atom stereocenters. The fourth-order valence-electron chi connectivity index (χ4n) is 1.55. The van der Waals surface area contributed by atoms with Gasteiger partial charge in [-0.3, -0.25) is 4.79 Å². The van der Waals surface area contributed by atoms with Crippen molar-refractivity contribution in [1.82, 2.24) is 4.98 Å². The number of benzene rings is 1. The molecule has 0 spiro atoms. The maximum Gasteiger partial charge on any atom is 0.331 e.